The fourth-order valence-electron chi connectivity index (χ4n) is 2.51. The van der Waals surface area contributed by atoms with E-state index in [1.165, 1.54) is 18.4 Å². The molecule has 0 heterocycles. The van der Waals surface area contributed by atoms with Crippen molar-refractivity contribution in [1.82, 2.24) is 5.32 Å². The number of ether oxygens (including phenoxy) is 1. The molecule has 3 N–H and O–H groups in total. The summed E-state index contributed by atoms with van der Waals surface area (Å²) in [5, 5.41) is 2.84. The van der Waals surface area contributed by atoms with Gasteiger partial charge < -0.3 is 15.8 Å². The summed E-state index contributed by atoms with van der Waals surface area (Å²) in [6, 6.07) is 4.20. The average Bonchev–Trinajstić information content (AvgIpc) is 3.18. The molecule has 5 heteroatoms. The van der Waals surface area contributed by atoms with Gasteiger partial charge in [0.25, 0.3) is 5.91 Å². The fourth-order valence-corrected chi connectivity index (χ4v) is 2.51. The number of nitrogens with one attached hydrogen (secondary N) is 1. The summed E-state index contributed by atoms with van der Waals surface area (Å²) in [5.41, 5.74) is 9.27. The number of amides is 1. The molecule has 1 aromatic carbocycles. The van der Waals surface area contributed by atoms with Crippen molar-refractivity contribution in [3.05, 3.63) is 28.8 Å². The lowest BCUT2D eigenvalue weighted by atomic mass is 10.1. The van der Waals surface area contributed by atoms with Gasteiger partial charge in [0.1, 0.15) is 5.75 Å². The van der Waals surface area contributed by atoms with Crippen molar-refractivity contribution < 1.29 is 9.53 Å². The van der Waals surface area contributed by atoms with Crippen molar-refractivity contribution in [2.24, 2.45) is 11.7 Å². The molecule has 1 unspecified atom stereocenters. The molecule has 0 aromatic heterocycles. The van der Waals surface area contributed by atoms with Crippen molar-refractivity contribution in [2.75, 3.05) is 13.2 Å². The molecule has 2 rings (SSSR count). The number of hydrogen-bond acceptors (Lipinski definition) is 3. The van der Waals surface area contributed by atoms with Crippen LogP contribution in [0.4, 0.5) is 0 Å². The highest BCUT2D eigenvalue weighted by Gasteiger charge is 2.28. The van der Waals surface area contributed by atoms with Crippen LogP contribution in [0.2, 0.25) is 0 Å². The van der Waals surface area contributed by atoms with E-state index in [0.29, 0.717) is 12.5 Å². The van der Waals surface area contributed by atoms with E-state index in [0.717, 1.165) is 16.9 Å². The second-order valence-corrected chi connectivity index (χ2v) is 5.82. The third kappa shape index (κ3) is 5.21. The predicted molar refractivity (Wildman–Crippen MR) is 87.1 cm³/mol. The number of aryl methyl sites for hydroxylation is 3. The van der Waals surface area contributed by atoms with Crippen LogP contribution in [0, 0.1) is 26.7 Å². The molecule has 1 aliphatic rings. The Labute approximate surface area is 132 Å². The molecule has 21 heavy (non-hydrogen) atoms. The van der Waals surface area contributed by atoms with E-state index < -0.39 is 0 Å². The molecule has 0 aliphatic heterocycles. The Balaban J connectivity index is 0.00000220. The molecule has 1 amide bonds. The van der Waals surface area contributed by atoms with Crippen LogP contribution in [0.25, 0.3) is 0 Å². The fraction of sp³-hybridized carbons (Fsp3) is 0.562. The SMILES string of the molecule is Cc1cc(C)c(OCC(=O)NCC(N)C2CC2)c(C)c1.Cl. The zero-order chi connectivity index (χ0) is 14.7. The van der Waals surface area contributed by atoms with Gasteiger partial charge >= 0.3 is 0 Å². The standard InChI is InChI=1S/C16H24N2O2.ClH/c1-10-6-11(2)16(12(3)7-10)20-9-15(19)18-8-14(17)13-4-5-13;/h6-7,13-14H,4-5,8-9,17H2,1-3H3,(H,18,19);1H. The van der Waals surface area contributed by atoms with Gasteiger partial charge in [0.2, 0.25) is 0 Å². The third-order valence-corrected chi connectivity index (χ3v) is 3.71. The van der Waals surface area contributed by atoms with Crippen LogP contribution in [-0.2, 0) is 4.79 Å². The highest BCUT2D eigenvalue weighted by Crippen LogP contribution is 2.31. The molecule has 1 saturated carbocycles. The lowest BCUT2D eigenvalue weighted by molar-refractivity contribution is -0.123. The number of halogens is 1. The van der Waals surface area contributed by atoms with Crippen molar-refractivity contribution in [3.8, 4) is 5.75 Å². The highest BCUT2D eigenvalue weighted by molar-refractivity contribution is 5.85. The first-order valence-corrected chi connectivity index (χ1v) is 7.20. The Hall–Kier alpha value is -1.26. The maximum atomic E-state index is 11.8. The van der Waals surface area contributed by atoms with Crippen LogP contribution >= 0.6 is 12.4 Å². The van der Waals surface area contributed by atoms with Gasteiger partial charge in [-0.3, -0.25) is 4.79 Å². The predicted octanol–water partition coefficient (Wildman–Crippen LogP) is 2.27. The molecular weight excluding hydrogens is 288 g/mol. The summed E-state index contributed by atoms with van der Waals surface area (Å²) in [6.45, 7) is 6.63. The van der Waals surface area contributed by atoms with Crippen LogP contribution < -0.4 is 15.8 Å². The highest BCUT2D eigenvalue weighted by atomic mass is 35.5. The summed E-state index contributed by atoms with van der Waals surface area (Å²) >= 11 is 0. The molecule has 0 spiro atoms. The lowest BCUT2D eigenvalue weighted by Crippen LogP contribution is -2.40. The van der Waals surface area contributed by atoms with E-state index in [-0.39, 0.29) is 31.0 Å². The number of rotatable bonds is 6. The van der Waals surface area contributed by atoms with Crippen molar-refractivity contribution in [3.63, 3.8) is 0 Å². The van der Waals surface area contributed by atoms with Gasteiger partial charge in [-0.05, 0) is 50.7 Å². The van der Waals surface area contributed by atoms with Crippen LogP contribution in [0.1, 0.15) is 29.5 Å². The minimum Gasteiger partial charge on any atom is -0.483 e. The Morgan fingerprint density at radius 2 is 1.90 bits per heavy atom. The van der Waals surface area contributed by atoms with Crippen LogP contribution in [0.15, 0.2) is 12.1 Å². The Morgan fingerprint density at radius 1 is 1.33 bits per heavy atom. The van der Waals surface area contributed by atoms with Gasteiger partial charge in [0.05, 0.1) is 0 Å². The zero-order valence-corrected chi connectivity index (χ0v) is 13.8. The van der Waals surface area contributed by atoms with Gasteiger partial charge in [0.15, 0.2) is 6.61 Å². The summed E-state index contributed by atoms with van der Waals surface area (Å²) in [4.78, 5) is 11.8. The van der Waals surface area contributed by atoms with Crippen LogP contribution in [0.5, 0.6) is 5.75 Å². The second-order valence-electron chi connectivity index (χ2n) is 5.82. The Morgan fingerprint density at radius 3 is 2.43 bits per heavy atom. The molecule has 1 aromatic rings. The van der Waals surface area contributed by atoms with Crippen molar-refractivity contribution in [1.29, 1.82) is 0 Å². The first-order chi connectivity index (χ1) is 9.47. The van der Waals surface area contributed by atoms with E-state index >= 15 is 0 Å². The van der Waals surface area contributed by atoms with E-state index in [4.69, 9.17) is 10.5 Å². The summed E-state index contributed by atoms with van der Waals surface area (Å²) in [5.74, 6) is 1.29. The monoisotopic (exact) mass is 312 g/mol. The van der Waals surface area contributed by atoms with Gasteiger partial charge in [0, 0.05) is 12.6 Å². The number of carbonyl (C=O) groups is 1. The smallest absolute Gasteiger partial charge is 0.257 e. The van der Waals surface area contributed by atoms with Gasteiger partial charge in [-0.15, -0.1) is 12.4 Å². The minimum atomic E-state index is -0.111. The quantitative estimate of drug-likeness (QED) is 0.847. The lowest BCUT2D eigenvalue weighted by Gasteiger charge is -2.14. The third-order valence-electron chi connectivity index (χ3n) is 3.71. The number of carbonyl (C=O) groups excluding carboxylic acids is 1. The molecule has 4 nitrogen and oxygen atoms in total. The maximum absolute atomic E-state index is 11.8. The van der Waals surface area contributed by atoms with Crippen LogP contribution in [-0.4, -0.2) is 25.1 Å². The van der Waals surface area contributed by atoms with E-state index in [2.05, 4.69) is 24.4 Å². The maximum Gasteiger partial charge on any atom is 0.257 e. The summed E-state index contributed by atoms with van der Waals surface area (Å²) in [6.07, 6.45) is 2.38. The minimum absolute atomic E-state index is 0. The summed E-state index contributed by atoms with van der Waals surface area (Å²) < 4.78 is 5.64. The van der Waals surface area contributed by atoms with Crippen molar-refractivity contribution in [2.45, 2.75) is 39.7 Å². The normalized spacial score (nSPS) is 15.0. The number of nitrogens with two attached hydrogens (primary N) is 1. The van der Waals surface area contributed by atoms with Crippen molar-refractivity contribution >= 4 is 18.3 Å². The first kappa shape index (κ1) is 17.8. The molecule has 1 atom stereocenters. The average molecular weight is 313 g/mol. The van der Waals surface area contributed by atoms with E-state index in [1.54, 1.807) is 0 Å². The largest absolute Gasteiger partial charge is 0.483 e. The molecule has 1 aliphatic carbocycles. The topological polar surface area (TPSA) is 64.3 Å². The van der Waals surface area contributed by atoms with Gasteiger partial charge in [-0.1, -0.05) is 17.7 Å². The molecule has 118 valence electrons. The van der Waals surface area contributed by atoms with E-state index in [1.807, 2.05) is 13.8 Å². The number of hydrogen-bond donors (Lipinski definition) is 2. The molecule has 0 radical (unpaired) electrons. The number of benzene rings is 1. The second kappa shape index (κ2) is 7.66. The molecule has 0 bridgehead atoms. The zero-order valence-electron chi connectivity index (χ0n) is 12.9. The Kier molecular flexibility index (Phi) is 6.49. The van der Waals surface area contributed by atoms with Crippen LogP contribution in [0.3, 0.4) is 0 Å². The first-order valence-electron chi connectivity index (χ1n) is 7.20. The molecule has 1 fully saturated rings. The molecular formula is C16H25ClN2O2. The van der Waals surface area contributed by atoms with E-state index in [9.17, 15) is 4.79 Å². The summed E-state index contributed by atoms with van der Waals surface area (Å²) in [7, 11) is 0. The van der Waals surface area contributed by atoms with Gasteiger partial charge in [-0.2, -0.15) is 0 Å². The molecule has 0 saturated heterocycles. The Bertz CT molecular complexity index is 478. The van der Waals surface area contributed by atoms with Gasteiger partial charge in [-0.25, -0.2) is 0 Å².